The smallest absolute Gasteiger partial charge is 0.480 e. The van der Waals surface area contributed by atoms with E-state index in [1.807, 2.05) is 6.26 Å². The number of carboxylic acids is 1. The van der Waals surface area contributed by atoms with Crippen molar-refractivity contribution in [3.63, 3.8) is 0 Å². The number of amides is 1. The van der Waals surface area contributed by atoms with E-state index in [-0.39, 0.29) is 12.2 Å². The highest BCUT2D eigenvalue weighted by atomic mass is 32.2. The SMILES string of the molecule is CSCC[C@@H](NC(=O)Cc1csc(-c2ccc(OC(F)(F)F)cc2)n1)C(=O)O. The molecule has 0 unspecified atom stereocenters. The van der Waals surface area contributed by atoms with Gasteiger partial charge < -0.3 is 15.2 Å². The van der Waals surface area contributed by atoms with E-state index in [0.717, 1.165) is 0 Å². The number of halogens is 3. The van der Waals surface area contributed by atoms with Crippen LogP contribution in [0.5, 0.6) is 5.75 Å². The van der Waals surface area contributed by atoms with E-state index in [0.29, 0.717) is 28.4 Å². The molecule has 0 bridgehead atoms. The summed E-state index contributed by atoms with van der Waals surface area (Å²) in [4.78, 5) is 27.5. The van der Waals surface area contributed by atoms with Crippen LogP contribution in [0.25, 0.3) is 10.6 Å². The maximum Gasteiger partial charge on any atom is 0.573 e. The monoisotopic (exact) mass is 434 g/mol. The number of ether oxygens (including phenoxy) is 1. The second-order valence-corrected chi connectivity index (χ2v) is 7.48. The van der Waals surface area contributed by atoms with Gasteiger partial charge in [0.2, 0.25) is 5.91 Å². The number of hydrogen-bond acceptors (Lipinski definition) is 6. The number of rotatable bonds is 9. The van der Waals surface area contributed by atoms with Crippen molar-refractivity contribution < 1.29 is 32.6 Å². The van der Waals surface area contributed by atoms with Crippen LogP contribution in [0.4, 0.5) is 13.2 Å². The van der Waals surface area contributed by atoms with Gasteiger partial charge in [-0.2, -0.15) is 11.8 Å². The molecule has 0 aliphatic rings. The topological polar surface area (TPSA) is 88.5 Å². The minimum atomic E-state index is -4.76. The van der Waals surface area contributed by atoms with Gasteiger partial charge in [0.15, 0.2) is 0 Å². The molecule has 152 valence electrons. The van der Waals surface area contributed by atoms with Crippen molar-refractivity contribution in [3.05, 3.63) is 35.3 Å². The molecule has 0 saturated carbocycles. The Morgan fingerprint density at radius 1 is 1.32 bits per heavy atom. The number of thiazole rings is 1. The summed E-state index contributed by atoms with van der Waals surface area (Å²) in [7, 11) is 0. The summed E-state index contributed by atoms with van der Waals surface area (Å²) in [6.07, 6.45) is -2.68. The highest BCUT2D eigenvalue weighted by molar-refractivity contribution is 7.98. The van der Waals surface area contributed by atoms with Gasteiger partial charge in [-0.15, -0.1) is 24.5 Å². The van der Waals surface area contributed by atoms with Crippen LogP contribution in [0.3, 0.4) is 0 Å². The molecule has 11 heteroatoms. The molecular formula is C17H17F3N2O4S2. The second kappa shape index (κ2) is 9.78. The Morgan fingerprint density at radius 2 is 2.00 bits per heavy atom. The number of alkyl halides is 3. The summed E-state index contributed by atoms with van der Waals surface area (Å²) in [5, 5.41) is 13.8. The molecule has 0 aliphatic heterocycles. The van der Waals surface area contributed by atoms with Gasteiger partial charge in [0, 0.05) is 10.9 Å². The number of hydrogen-bond donors (Lipinski definition) is 2. The molecule has 0 saturated heterocycles. The van der Waals surface area contributed by atoms with Gasteiger partial charge in [-0.05, 0) is 42.7 Å². The number of aromatic nitrogens is 1. The van der Waals surface area contributed by atoms with Crippen LogP contribution in [-0.2, 0) is 16.0 Å². The zero-order valence-electron chi connectivity index (χ0n) is 14.7. The summed E-state index contributed by atoms with van der Waals surface area (Å²) in [5.74, 6) is -1.29. The summed E-state index contributed by atoms with van der Waals surface area (Å²) >= 11 is 2.72. The quantitative estimate of drug-likeness (QED) is 0.627. The van der Waals surface area contributed by atoms with E-state index in [1.165, 1.54) is 47.4 Å². The van der Waals surface area contributed by atoms with Crippen molar-refractivity contribution in [1.29, 1.82) is 0 Å². The van der Waals surface area contributed by atoms with Crippen molar-refractivity contribution in [2.45, 2.75) is 25.2 Å². The largest absolute Gasteiger partial charge is 0.573 e. The molecule has 0 aliphatic carbocycles. The first kappa shape index (κ1) is 22.0. The number of carbonyl (C=O) groups is 2. The second-order valence-electron chi connectivity index (χ2n) is 5.63. The summed E-state index contributed by atoms with van der Waals surface area (Å²) in [6.45, 7) is 0. The molecule has 2 rings (SSSR count). The van der Waals surface area contributed by atoms with Crippen molar-refractivity contribution in [2.24, 2.45) is 0 Å². The zero-order chi connectivity index (χ0) is 20.7. The predicted octanol–water partition coefficient (Wildman–Crippen LogP) is 3.57. The van der Waals surface area contributed by atoms with E-state index in [2.05, 4.69) is 15.0 Å². The molecule has 6 nitrogen and oxygen atoms in total. The molecule has 1 heterocycles. The van der Waals surface area contributed by atoms with Crippen molar-refractivity contribution in [1.82, 2.24) is 10.3 Å². The van der Waals surface area contributed by atoms with E-state index in [9.17, 15) is 22.8 Å². The summed E-state index contributed by atoms with van der Waals surface area (Å²) in [5.41, 5.74) is 1.02. The average Bonchev–Trinajstić information content (AvgIpc) is 3.06. The molecule has 1 atom stereocenters. The van der Waals surface area contributed by atoms with Crippen LogP contribution >= 0.6 is 23.1 Å². The maximum absolute atomic E-state index is 12.2. The van der Waals surface area contributed by atoms with E-state index in [4.69, 9.17) is 5.11 Å². The fourth-order valence-corrected chi connectivity index (χ4v) is 3.52. The molecule has 2 aromatic rings. The predicted molar refractivity (Wildman–Crippen MR) is 101 cm³/mol. The number of carbonyl (C=O) groups excluding carboxylic acids is 1. The zero-order valence-corrected chi connectivity index (χ0v) is 16.3. The van der Waals surface area contributed by atoms with E-state index < -0.39 is 24.3 Å². The van der Waals surface area contributed by atoms with E-state index in [1.54, 1.807) is 5.38 Å². The van der Waals surface area contributed by atoms with Gasteiger partial charge in [0.05, 0.1) is 12.1 Å². The van der Waals surface area contributed by atoms with Crippen LogP contribution in [-0.4, -0.2) is 46.4 Å². The fraction of sp³-hybridized carbons (Fsp3) is 0.353. The minimum Gasteiger partial charge on any atom is -0.480 e. The lowest BCUT2D eigenvalue weighted by Gasteiger charge is -2.13. The summed E-state index contributed by atoms with van der Waals surface area (Å²) in [6, 6.07) is 4.28. The maximum atomic E-state index is 12.2. The molecule has 2 N–H and O–H groups in total. The van der Waals surface area contributed by atoms with Gasteiger partial charge in [-0.25, -0.2) is 9.78 Å². The molecule has 1 aromatic heterocycles. The van der Waals surface area contributed by atoms with Crippen molar-refractivity contribution in [2.75, 3.05) is 12.0 Å². The summed E-state index contributed by atoms with van der Waals surface area (Å²) < 4.78 is 40.4. The third-order valence-electron chi connectivity index (χ3n) is 3.47. The number of nitrogens with zero attached hydrogens (tertiary/aromatic N) is 1. The van der Waals surface area contributed by atoms with Crippen LogP contribution in [0.15, 0.2) is 29.6 Å². The number of carboxylic acid groups (broad SMARTS) is 1. The van der Waals surface area contributed by atoms with Crippen LogP contribution < -0.4 is 10.1 Å². The molecule has 0 spiro atoms. The average molecular weight is 434 g/mol. The van der Waals surface area contributed by atoms with Gasteiger partial charge in [0.25, 0.3) is 0 Å². The standard InChI is InChI=1S/C17H17F3N2O4S2/c1-27-7-6-13(16(24)25)22-14(23)8-11-9-28-15(21-11)10-2-4-12(5-3-10)26-17(18,19)20/h2-5,9,13H,6-8H2,1H3,(H,22,23)(H,24,25)/t13-/m1/s1. The molecule has 28 heavy (non-hydrogen) atoms. The Morgan fingerprint density at radius 3 is 2.57 bits per heavy atom. The molecule has 1 aromatic carbocycles. The lowest BCUT2D eigenvalue weighted by molar-refractivity contribution is -0.274. The highest BCUT2D eigenvalue weighted by Gasteiger charge is 2.31. The molecular weight excluding hydrogens is 417 g/mol. The van der Waals surface area contributed by atoms with Crippen LogP contribution in [0, 0.1) is 0 Å². The van der Waals surface area contributed by atoms with Crippen LogP contribution in [0.1, 0.15) is 12.1 Å². The number of nitrogens with one attached hydrogen (secondary N) is 1. The van der Waals surface area contributed by atoms with Crippen LogP contribution in [0.2, 0.25) is 0 Å². The Bertz CT molecular complexity index is 809. The third kappa shape index (κ3) is 7.04. The first-order chi connectivity index (χ1) is 13.2. The fourth-order valence-electron chi connectivity index (χ4n) is 2.22. The van der Waals surface area contributed by atoms with Gasteiger partial charge >= 0.3 is 12.3 Å². The van der Waals surface area contributed by atoms with E-state index >= 15 is 0 Å². The number of benzene rings is 1. The van der Waals surface area contributed by atoms with Gasteiger partial charge in [0.1, 0.15) is 16.8 Å². The Hall–Kier alpha value is -2.27. The molecule has 0 fully saturated rings. The first-order valence-corrected chi connectivity index (χ1v) is 10.3. The third-order valence-corrected chi connectivity index (χ3v) is 5.06. The lowest BCUT2D eigenvalue weighted by Crippen LogP contribution is -2.41. The van der Waals surface area contributed by atoms with Gasteiger partial charge in [-0.1, -0.05) is 0 Å². The Balaban J connectivity index is 1.98. The minimum absolute atomic E-state index is 0.0885. The lowest BCUT2D eigenvalue weighted by atomic mass is 10.2. The first-order valence-electron chi connectivity index (χ1n) is 7.99. The number of aliphatic carboxylic acids is 1. The van der Waals surface area contributed by atoms with Crippen molar-refractivity contribution >= 4 is 35.0 Å². The normalized spacial score (nSPS) is 12.4. The highest BCUT2D eigenvalue weighted by Crippen LogP contribution is 2.28. The number of thioether (sulfide) groups is 1. The Labute approximate surface area is 167 Å². The van der Waals surface area contributed by atoms with Gasteiger partial charge in [-0.3, -0.25) is 4.79 Å². The molecule has 1 amide bonds. The van der Waals surface area contributed by atoms with Crippen molar-refractivity contribution in [3.8, 4) is 16.3 Å². The Kier molecular flexibility index (Phi) is 7.69. The molecule has 0 radical (unpaired) electrons.